The lowest BCUT2D eigenvalue weighted by molar-refractivity contribution is -0.151. The fraction of sp³-hybridized carbons (Fsp3) is 0.500. The minimum atomic E-state index is -1.08. The molecule has 20 heavy (non-hydrogen) atoms. The number of hydrogen-bond acceptors (Lipinski definition) is 4. The van der Waals surface area contributed by atoms with E-state index in [9.17, 15) is 13.6 Å². The number of nitrogens with one attached hydrogen (secondary N) is 1. The van der Waals surface area contributed by atoms with Gasteiger partial charge in [-0.2, -0.15) is 0 Å². The molecule has 6 heteroatoms. The first-order chi connectivity index (χ1) is 9.41. The Kier molecular flexibility index (Phi) is 5.88. The summed E-state index contributed by atoms with van der Waals surface area (Å²) in [5.41, 5.74) is -1.08. The van der Waals surface area contributed by atoms with Crippen LogP contribution in [0.25, 0.3) is 0 Å². The molecular weight excluding hydrogens is 268 g/mol. The number of esters is 1. The van der Waals surface area contributed by atoms with Gasteiger partial charge in [0.15, 0.2) is 0 Å². The van der Waals surface area contributed by atoms with Crippen molar-refractivity contribution in [1.29, 1.82) is 0 Å². The zero-order valence-electron chi connectivity index (χ0n) is 11.8. The Morgan fingerprint density at radius 3 is 2.35 bits per heavy atom. The Labute approximate surface area is 117 Å². The molecule has 1 N–H and O–H groups in total. The SMILES string of the molecule is CCNC(C)(COc1cc(F)cc(F)c1)C(=O)OCC. The summed E-state index contributed by atoms with van der Waals surface area (Å²) in [7, 11) is 0. The predicted octanol–water partition coefficient (Wildman–Crippen LogP) is 2.27. The van der Waals surface area contributed by atoms with Crippen LogP contribution < -0.4 is 10.1 Å². The van der Waals surface area contributed by atoms with E-state index < -0.39 is 23.1 Å². The van der Waals surface area contributed by atoms with Crippen LogP contribution in [0.2, 0.25) is 0 Å². The van der Waals surface area contributed by atoms with E-state index in [0.29, 0.717) is 6.54 Å². The minimum absolute atomic E-state index is 0.0240. The summed E-state index contributed by atoms with van der Waals surface area (Å²) in [5.74, 6) is -1.92. The lowest BCUT2D eigenvalue weighted by atomic mass is 10.0. The number of halogens is 2. The third kappa shape index (κ3) is 4.45. The summed E-state index contributed by atoms with van der Waals surface area (Å²) in [6, 6.07) is 2.86. The van der Waals surface area contributed by atoms with Crippen molar-refractivity contribution < 1.29 is 23.0 Å². The lowest BCUT2D eigenvalue weighted by Gasteiger charge is -2.27. The Bertz CT molecular complexity index is 447. The Balaban J connectivity index is 2.78. The van der Waals surface area contributed by atoms with Gasteiger partial charge in [-0.3, -0.25) is 5.32 Å². The molecule has 0 aliphatic heterocycles. The highest BCUT2D eigenvalue weighted by atomic mass is 19.1. The van der Waals surface area contributed by atoms with E-state index in [4.69, 9.17) is 9.47 Å². The molecule has 0 heterocycles. The highest BCUT2D eigenvalue weighted by molar-refractivity contribution is 5.80. The number of hydrogen-bond donors (Lipinski definition) is 1. The topological polar surface area (TPSA) is 47.6 Å². The van der Waals surface area contributed by atoms with E-state index >= 15 is 0 Å². The number of rotatable bonds is 7. The van der Waals surface area contributed by atoms with Gasteiger partial charge in [0.2, 0.25) is 0 Å². The maximum absolute atomic E-state index is 13.0. The summed E-state index contributed by atoms with van der Waals surface area (Å²) in [6.45, 7) is 5.82. The van der Waals surface area contributed by atoms with Crippen LogP contribution in [0.1, 0.15) is 20.8 Å². The normalized spacial score (nSPS) is 13.7. The van der Waals surface area contributed by atoms with Crippen LogP contribution in [0.4, 0.5) is 8.78 Å². The van der Waals surface area contributed by atoms with E-state index in [2.05, 4.69) is 5.32 Å². The van der Waals surface area contributed by atoms with Gasteiger partial charge in [0, 0.05) is 18.2 Å². The lowest BCUT2D eigenvalue weighted by Crippen LogP contribution is -2.54. The maximum Gasteiger partial charge on any atom is 0.329 e. The van der Waals surface area contributed by atoms with Crippen LogP contribution in [0.5, 0.6) is 5.75 Å². The summed E-state index contributed by atoms with van der Waals surface area (Å²) in [6.07, 6.45) is 0. The van der Waals surface area contributed by atoms with Crippen LogP contribution in [-0.2, 0) is 9.53 Å². The molecule has 112 valence electrons. The molecule has 1 aromatic carbocycles. The van der Waals surface area contributed by atoms with Gasteiger partial charge in [-0.1, -0.05) is 6.92 Å². The van der Waals surface area contributed by atoms with Crippen LogP contribution in [0.15, 0.2) is 18.2 Å². The maximum atomic E-state index is 13.0. The van der Waals surface area contributed by atoms with Crippen molar-refractivity contribution in [3.63, 3.8) is 0 Å². The highest BCUT2D eigenvalue weighted by Gasteiger charge is 2.35. The molecule has 0 aliphatic rings. The highest BCUT2D eigenvalue weighted by Crippen LogP contribution is 2.17. The third-order valence-corrected chi connectivity index (χ3v) is 2.66. The van der Waals surface area contributed by atoms with Crippen molar-refractivity contribution in [2.75, 3.05) is 19.8 Å². The molecule has 1 aromatic rings. The van der Waals surface area contributed by atoms with E-state index in [-0.39, 0.29) is 19.0 Å². The van der Waals surface area contributed by atoms with Crippen LogP contribution >= 0.6 is 0 Å². The molecule has 1 rings (SSSR count). The average molecular weight is 287 g/mol. The van der Waals surface area contributed by atoms with Crippen molar-refractivity contribution in [2.45, 2.75) is 26.3 Å². The zero-order chi connectivity index (χ0) is 15.2. The number of carbonyl (C=O) groups is 1. The van der Waals surface area contributed by atoms with Crippen molar-refractivity contribution in [3.8, 4) is 5.75 Å². The number of benzene rings is 1. The smallest absolute Gasteiger partial charge is 0.329 e. The van der Waals surface area contributed by atoms with Gasteiger partial charge in [-0.25, -0.2) is 13.6 Å². The van der Waals surface area contributed by atoms with Gasteiger partial charge in [0.25, 0.3) is 0 Å². The third-order valence-electron chi connectivity index (χ3n) is 2.66. The summed E-state index contributed by atoms with van der Waals surface area (Å²) >= 11 is 0. The summed E-state index contributed by atoms with van der Waals surface area (Å²) < 4.78 is 36.4. The molecule has 1 unspecified atom stereocenters. The first-order valence-electron chi connectivity index (χ1n) is 6.42. The van der Waals surface area contributed by atoms with Gasteiger partial charge >= 0.3 is 5.97 Å². The van der Waals surface area contributed by atoms with Crippen molar-refractivity contribution >= 4 is 5.97 Å². The Hall–Kier alpha value is -1.69. The first-order valence-corrected chi connectivity index (χ1v) is 6.42. The second-order valence-corrected chi connectivity index (χ2v) is 4.48. The monoisotopic (exact) mass is 287 g/mol. The van der Waals surface area contributed by atoms with Gasteiger partial charge in [0.1, 0.15) is 29.5 Å². The molecule has 0 saturated heterocycles. The van der Waals surface area contributed by atoms with Crippen LogP contribution in [0, 0.1) is 11.6 Å². The number of ether oxygens (including phenoxy) is 2. The van der Waals surface area contributed by atoms with Gasteiger partial charge in [-0.05, 0) is 20.4 Å². The standard InChI is InChI=1S/C14H19F2NO3/c1-4-17-14(3,13(18)19-5-2)9-20-12-7-10(15)6-11(16)8-12/h6-8,17H,4-5,9H2,1-3H3. The zero-order valence-corrected chi connectivity index (χ0v) is 11.8. The second-order valence-electron chi connectivity index (χ2n) is 4.48. The Morgan fingerprint density at radius 1 is 1.25 bits per heavy atom. The fourth-order valence-electron chi connectivity index (χ4n) is 1.70. The van der Waals surface area contributed by atoms with Crippen LogP contribution in [-0.4, -0.2) is 31.3 Å². The van der Waals surface area contributed by atoms with E-state index in [0.717, 1.165) is 18.2 Å². The number of carbonyl (C=O) groups excluding carboxylic acids is 1. The number of likely N-dealkylation sites (N-methyl/N-ethyl adjacent to an activating group) is 1. The quantitative estimate of drug-likeness (QED) is 0.782. The molecule has 0 aromatic heterocycles. The fourth-order valence-corrected chi connectivity index (χ4v) is 1.70. The molecule has 0 saturated carbocycles. The molecular formula is C14H19F2NO3. The van der Waals surface area contributed by atoms with E-state index in [1.807, 2.05) is 6.92 Å². The molecule has 0 radical (unpaired) electrons. The molecule has 0 amide bonds. The molecule has 0 spiro atoms. The van der Waals surface area contributed by atoms with Gasteiger partial charge in [0.05, 0.1) is 6.61 Å². The van der Waals surface area contributed by atoms with E-state index in [1.54, 1.807) is 13.8 Å². The second kappa shape index (κ2) is 7.19. The van der Waals surface area contributed by atoms with Gasteiger partial charge < -0.3 is 9.47 Å². The summed E-state index contributed by atoms with van der Waals surface area (Å²) in [5, 5.41) is 2.96. The summed E-state index contributed by atoms with van der Waals surface area (Å²) in [4.78, 5) is 11.9. The molecule has 1 atom stereocenters. The van der Waals surface area contributed by atoms with Crippen LogP contribution in [0.3, 0.4) is 0 Å². The largest absolute Gasteiger partial charge is 0.491 e. The Morgan fingerprint density at radius 2 is 1.85 bits per heavy atom. The van der Waals surface area contributed by atoms with E-state index in [1.165, 1.54) is 0 Å². The molecule has 0 bridgehead atoms. The molecule has 0 fully saturated rings. The van der Waals surface area contributed by atoms with Crippen molar-refractivity contribution in [2.24, 2.45) is 0 Å². The average Bonchev–Trinajstić information content (AvgIpc) is 2.36. The van der Waals surface area contributed by atoms with Crippen molar-refractivity contribution in [1.82, 2.24) is 5.32 Å². The first kappa shape index (κ1) is 16.4. The van der Waals surface area contributed by atoms with Gasteiger partial charge in [-0.15, -0.1) is 0 Å². The minimum Gasteiger partial charge on any atom is -0.491 e. The predicted molar refractivity (Wildman–Crippen MR) is 70.6 cm³/mol. The van der Waals surface area contributed by atoms with Crippen molar-refractivity contribution in [3.05, 3.63) is 29.8 Å². The molecule has 0 aliphatic carbocycles. The molecule has 4 nitrogen and oxygen atoms in total.